The highest BCUT2D eigenvalue weighted by Crippen LogP contribution is 2.24. The molecule has 1 aliphatic heterocycles. The van der Waals surface area contributed by atoms with Crippen molar-refractivity contribution in [2.75, 3.05) is 24.6 Å². The molecule has 1 aromatic rings. The average Bonchev–Trinajstić information content (AvgIpc) is 2.89. The topological polar surface area (TPSA) is 72.6 Å². The maximum absolute atomic E-state index is 11.9. The van der Waals surface area contributed by atoms with Crippen molar-refractivity contribution in [3.63, 3.8) is 0 Å². The van der Waals surface area contributed by atoms with Crippen LogP contribution in [0.5, 0.6) is 0 Å². The maximum atomic E-state index is 11.9. The standard InChI is InChI=1S/C16H22N2O3/c1-2-3-8-21-16(20)13-4-6-14(7-5-13)18-11-12(10-17)9-15(18)19/h4-7,12H,2-3,8-11,17H2,1H3. The van der Waals surface area contributed by atoms with Gasteiger partial charge in [-0.05, 0) is 43.1 Å². The van der Waals surface area contributed by atoms with E-state index in [1.165, 1.54) is 0 Å². The van der Waals surface area contributed by atoms with Crippen LogP contribution in [0.2, 0.25) is 0 Å². The van der Waals surface area contributed by atoms with Gasteiger partial charge < -0.3 is 15.4 Å². The second-order valence-electron chi connectivity index (χ2n) is 5.35. The lowest BCUT2D eigenvalue weighted by Gasteiger charge is -2.16. The number of ether oxygens (including phenoxy) is 1. The van der Waals surface area contributed by atoms with Crippen molar-refractivity contribution < 1.29 is 14.3 Å². The highest BCUT2D eigenvalue weighted by atomic mass is 16.5. The number of carbonyl (C=O) groups is 2. The third kappa shape index (κ3) is 3.82. The van der Waals surface area contributed by atoms with Gasteiger partial charge >= 0.3 is 5.97 Å². The van der Waals surface area contributed by atoms with Crippen LogP contribution in [0.4, 0.5) is 5.69 Å². The highest BCUT2D eigenvalue weighted by molar-refractivity contribution is 5.96. The number of rotatable bonds is 6. The highest BCUT2D eigenvalue weighted by Gasteiger charge is 2.29. The van der Waals surface area contributed by atoms with E-state index < -0.39 is 0 Å². The van der Waals surface area contributed by atoms with Crippen LogP contribution in [-0.2, 0) is 9.53 Å². The van der Waals surface area contributed by atoms with Crippen molar-refractivity contribution in [3.8, 4) is 0 Å². The van der Waals surface area contributed by atoms with Gasteiger partial charge in [-0.1, -0.05) is 13.3 Å². The number of hydrogen-bond acceptors (Lipinski definition) is 4. The van der Waals surface area contributed by atoms with E-state index in [0.29, 0.717) is 31.7 Å². The molecule has 1 atom stereocenters. The lowest BCUT2D eigenvalue weighted by atomic mass is 10.1. The fraction of sp³-hybridized carbons (Fsp3) is 0.500. The molecular formula is C16H22N2O3. The Balaban J connectivity index is 1.99. The van der Waals surface area contributed by atoms with Gasteiger partial charge in [0.15, 0.2) is 0 Å². The predicted octanol–water partition coefficient (Wildman–Crippen LogP) is 1.96. The Kier molecular flexibility index (Phi) is 5.33. The van der Waals surface area contributed by atoms with Crippen LogP contribution >= 0.6 is 0 Å². The zero-order valence-electron chi connectivity index (χ0n) is 12.4. The first-order valence-corrected chi connectivity index (χ1v) is 7.43. The van der Waals surface area contributed by atoms with E-state index >= 15 is 0 Å². The average molecular weight is 290 g/mol. The molecule has 1 heterocycles. The van der Waals surface area contributed by atoms with Crippen molar-refractivity contribution in [1.82, 2.24) is 0 Å². The van der Waals surface area contributed by atoms with Crippen LogP contribution in [0.3, 0.4) is 0 Å². The number of anilines is 1. The normalized spacial score (nSPS) is 18.1. The van der Waals surface area contributed by atoms with Gasteiger partial charge in [-0.3, -0.25) is 4.79 Å². The molecule has 0 bridgehead atoms. The van der Waals surface area contributed by atoms with Gasteiger partial charge in [-0.15, -0.1) is 0 Å². The molecule has 0 saturated carbocycles. The second kappa shape index (κ2) is 7.22. The van der Waals surface area contributed by atoms with Crippen LogP contribution in [-0.4, -0.2) is 31.6 Å². The Hall–Kier alpha value is -1.88. The summed E-state index contributed by atoms with van der Waals surface area (Å²) in [6.07, 6.45) is 2.36. The van der Waals surface area contributed by atoms with Crippen LogP contribution < -0.4 is 10.6 Å². The summed E-state index contributed by atoms with van der Waals surface area (Å²) in [5, 5.41) is 0. The predicted molar refractivity (Wildman–Crippen MR) is 81.1 cm³/mol. The van der Waals surface area contributed by atoms with Gasteiger partial charge in [-0.25, -0.2) is 4.79 Å². The fourth-order valence-electron chi connectivity index (χ4n) is 2.36. The molecule has 0 radical (unpaired) electrons. The number of benzene rings is 1. The summed E-state index contributed by atoms with van der Waals surface area (Å²) < 4.78 is 5.15. The van der Waals surface area contributed by atoms with Gasteiger partial charge in [0.25, 0.3) is 0 Å². The van der Waals surface area contributed by atoms with Crippen LogP contribution in [0.15, 0.2) is 24.3 Å². The molecule has 1 saturated heterocycles. The number of esters is 1. The molecule has 0 aromatic heterocycles. The summed E-state index contributed by atoms with van der Waals surface area (Å²) in [6.45, 7) is 3.66. The Morgan fingerprint density at radius 3 is 2.67 bits per heavy atom. The molecule has 0 spiro atoms. The first kappa shape index (κ1) is 15.5. The van der Waals surface area contributed by atoms with E-state index in [4.69, 9.17) is 10.5 Å². The van der Waals surface area contributed by atoms with E-state index in [0.717, 1.165) is 18.5 Å². The van der Waals surface area contributed by atoms with Gasteiger partial charge in [0.1, 0.15) is 0 Å². The Labute approximate surface area is 125 Å². The molecule has 0 aliphatic carbocycles. The molecule has 5 nitrogen and oxygen atoms in total. The molecule has 1 fully saturated rings. The molecule has 1 amide bonds. The fourth-order valence-corrected chi connectivity index (χ4v) is 2.36. The minimum Gasteiger partial charge on any atom is -0.462 e. The maximum Gasteiger partial charge on any atom is 0.338 e. The van der Waals surface area contributed by atoms with Gasteiger partial charge in [-0.2, -0.15) is 0 Å². The van der Waals surface area contributed by atoms with E-state index in [1.807, 2.05) is 6.92 Å². The monoisotopic (exact) mass is 290 g/mol. The minimum atomic E-state index is -0.317. The lowest BCUT2D eigenvalue weighted by molar-refractivity contribution is -0.117. The van der Waals surface area contributed by atoms with E-state index in [-0.39, 0.29) is 17.8 Å². The Morgan fingerprint density at radius 1 is 1.38 bits per heavy atom. The Bertz CT molecular complexity index is 499. The summed E-state index contributed by atoms with van der Waals surface area (Å²) in [7, 11) is 0. The van der Waals surface area contributed by atoms with Crippen molar-refractivity contribution in [2.24, 2.45) is 11.7 Å². The molecule has 1 aromatic carbocycles. The molecule has 1 unspecified atom stereocenters. The number of carbonyl (C=O) groups excluding carboxylic acids is 2. The molecular weight excluding hydrogens is 268 g/mol. The van der Waals surface area contributed by atoms with Crippen molar-refractivity contribution in [1.29, 1.82) is 0 Å². The summed E-state index contributed by atoms with van der Waals surface area (Å²) in [4.78, 5) is 25.4. The molecule has 1 aliphatic rings. The van der Waals surface area contributed by atoms with Crippen molar-refractivity contribution in [2.45, 2.75) is 26.2 Å². The zero-order chi connectivity index (χ0) is 15.2. The SMILES string of the molecule is CCCCOC(=O)c1ccc(N2CC(CN)CC2=O)cc1. The Morgan fingerprint density at radius 2 is 2.10 bits per heavy atom. The van der Waals surface area contributed by atoms with E-state index in [9.17, 15) is 9.59 Å². The molecule has 5 heteroatoms. The van der Waals surface area contributed by atoms with E-state index in [2.05, 4.69) is 0 Å². The summed E-state index contributed by atoms with van der Waals surface area (Å²) in [6, 6.07) is 6.97. The van der Waals surface area contributed by atoms with Crippen molar-refractivity contribution in [3.05, 3.63) is 29.8 Å². The minimum absolute atomic E-state index is 0.0868. The second-order valence-corrected chi connectivity index (χ2v) is 5.35. The molecule has 2 N–H and O–H groups in total. The first-order chi connectivity index (χ1) is 10.2. The van der Waals surface area contributed by atoms with Crippen LogP contribution in [0.25, 0.3) is 0 Å². The first-order valence-electron chi connectivity index (χ1n) is 7.43. The van der Waals surface area contributed by atoms with Gasteiger partial charge in [0.05, 0.1) is 12.2 Å². The smallest absolute Gasteiger partial charge is 0.338 e. The number of hydrogen-bond donors (Lipinski definition) is 1. The molecule has 114 valence electrons. The largest absolute Gasteiger partial charge is 0.462 e. The van der Waals surface area contributed by atoms with Crippen LogP contribution in [0, 0.1) is 5.92 Å². The third-order valence-electron chi connectivity index (χ3n) is 3.68. The number of unbranched alkanes of at least 4 members (excludes halogenated alkanes) is 1. The summed E-state index contributed by atoms with van der Waals surface area (Å²) in [5.74, 6) is -0.0116. The molecule has 2 rings (SSSR count). The quantitative estimate of drug-likeness (QED) is 0.642. The van der Waals surface area contributed by atoms with Crippen LogP contribution in [0.1, 0.15) is 36.5 Å². The van der Waals surface area contributed by atoms with Gasteiger partial charge in [0.2, 0.25) is 5.91 Å². The molecule has 21 heavy (non-hydrogen) atoms. The summed E-state index contributed by atoms with van der Waals surface area (Å²) >= 11 is 0. The third-order valence-corrected chi connectivity index (χ3v) is 3.68. The lowest BCUT2D eigenvalue weighted by Crippen LogP contribution is -2.25. The zero-order valence-corrected chi connectivity index (χ0v) is 12.4. The number of nitrogens with two attached hydrogens (primary N) is 1. The van der Waals surface area contributed by atoms with Crippen molar-refractivity contribution >= 4 is 17.6 Å². The number of amides is 1. The number of nitrogens with zero attached hydrogens (tertiary/aromatic N) is 1. The van der Waals surface area contributed by atoms with Gasteiger partial charge in [0, 0.05) is 18.7 Å². The van der Waals surface area contributed by atoms with E-state index in [1.54, 1.807) is 29.2 Å². The summed E-state index contributed by atoms with van der Waals surface area (Å²) in [5.41, 5.74) is 6.94.